The monoisotopic (exact) mass is 202 g/mol. The number of methoxy groups -OCH3 is 2. The van der Waals surface area contributed by atoms with Crippen LogP contribution in [0, 0.1) is 0 Å². The van der Waals surface area contributed by atoms with Crippen molar-refractivity contribution in [1.82, 2.24) is 0 Å². The Kier molecular flexibility index (Phi) is 5.17. The Morgan fingerprint density at radius 1 is 1.54 bits per heavy atom. The molecule has 0 aliphatic carbocycles. The molecule has 1 unspecified atom stereocenters. The SMILES string of the molecule is [B][C@@H]1OCC(OC)[C@@H]1SCCOC. The van der Waals surface area contributed by atoms with E-state index in [0.717, 1.165) is 12.4 Å². The average molecular weight is 202 g/mol. The van der Waals surface area contributed by atoms with Crippen molar-refractivity contribution in [2.45, 2.75) is 17.4 Å². The maximum atomic E-state index is 5.76. The molecule has 0 N–H and O–H groups in total. The zero-order valence-corrected chi connectivity index (χ0v) is 8.88. The molecule has 1 heterocycles. The van der Waals surface area contributed by atoms with Crippen LogP contribution in [0.2, 0.25) is 0 Å². The second-order valence-electron chi connectivity index (χ2n) is 2.90. The Morgan fingerprint density at radius 3 is 2.92 bits per heavy atom. The normalized spacial score (nSPS) is 33.8. The number of hydrogen-bond acceptors (Lipinski definition) is 4. The van der Waals surface area contributed by atoms with Gasteiger partial charge in [-0.05, 0) is 0 Å². The molecule has 1 fully saturated rings. The van der Waals surface area contributed by atoms with E-state index in [1.54, 1.807) is 26.0 Å². The Bertz CT molecular complexity index is 147. The molecule has 0 aromatic rings. The topological polar surface area (TPSA) is 27.7 Å². The summed E-state index contributed by atoms with van der Waals surface area (Å²) in [6.45, 7) is 1.34. The lowest BCUT2D eigenvalue weighted by Gasteiger charge is -2.18. The first kappa shape index (κ1) is 11.4. The van der Waals surface area contributed by atoms with Crippen LogP contribution in [0.5, 0.6) is 0 Å². The lowest BCUT2D eigenvalue weighted by molar-refractivity contribution is 0.0797. The zero-order valence-electron chi connectivity index (χ0n) is 8.06. The fourth-order valence-corrected chi connectivity index (χ4v) is 2.49. The highest BCUT2D eigenvalue weighted by molar-refractivity contribution is 8.00. The Labute approximate surface area is 84.9 Å². The van der Waals surface area contributed by atoms with Crippen LogP contribution in [0.3, 0.4) is 0 Å². The zero-order chi connectivity index (χ0) is 9.68. The first-order chi connectivity index (χ1) is 6.29. The van der Waals surface area contributed by atoms with Gasteiger partial charge in [0.2, 0.25) is 0 Å². The standard InChI is InChI=1S/C8H15BO3S/c1-10-3-4-13-7-6(11-2)5-12-8(7)9/h6-8H,3-5H2,1-2H3/t6?,7-,8+/m0/s1. The van der Waals surface area contributed by atoms with Crippen molar-refractivity contribution in [1.29, 1.82) is 0 Å². The van der Waals surface area contributed by atoms with Crippen molar-refractivity contribution in [3.63, 3.8) is 0 Å². The predicted molar refractivity (Wildman–Crippen MR) is 54.4 cm³/mol. The van der Waals surface area contributed by atoms with Crippen LogP contribution >= 0.6 is 11.8 Å². The maximum absolute atomic E-state index is 5.76. The van der Waals surface area contributed by atoms with Gasteiger partial charge in [0.1, 0.15) is 7.85 Å². The third-order valence-electron chi connectivity index (χ3n) is 2.04. The molecule has 2 radical (unpaired) electrons. The van der Waals surface area contributed by atoms with E-state index in [1.165, 1.54) is 0 Å². The van der Waals surface area contributed by atoms with Gasteiger partial charge in [-0.3, -0.25) is 0 Å². The van der Waals surface area contributed by atoms with Gasteiger partial charge >= 0.3 is 0 Å². The fraction of sp³-hybridized carbons (Fsp3) is 1.00. The molecular formula is C8H15BO3S. The van der Waals surface area contributed by atoms with Crippen LogP contribution in [-0.4, -0.2) is 58.4 Å². The van der Waals surface area contributed by atoms with Crippen molar-refractivity contribution in [2.24, 2.45) is 0 Å². The number of thioether (sulfide) groups is 1. The molecule has 74 valence electrons. The van der Waals surface area contributed by atoms with Crippen LogP contribution in [0.4, 0.5) is 0 Å². The van der Waals surface area contributed by atoms with Crippen LogP contribution in [0.1, 0.15) is 0 Å². The van der Waals surface area contributed by atoms with E-state index in [1.807, 2.05) is 0 Å². The molecule has 0 saturated carbocycles. The smallest absolute Gasteiger partial charge is 0.110 e. The van der Waals surface area contributed by atoms with Gasteiger partial charge in [-0.1, -0.05) is 0 Å². The van der Waals surface area contributed by atoms with Gasteiger partial charge in [0, 0.05) is 26.0 Å². The Hall–Kier alpha value is 0.295. The predicted octanol–water partition coefficient (Wildman–Crippen LogP) is 0.274. The average Bonchev–Trinajstić information content (AvgIpc) is 2.48. The molecule has 0 amide bonds. The molecule has 1 aliphatic rings. The summed E-state index contributed by atoms with van der Waals surface area (Å²) in [6, 6.07) is -0.202. The van der Waals surface area contributed by atoms with Crippen molar-refractivity contribution in [2.75, 3.05) is 33.2 Å². The molecule has 3 atom stereocenters. The minimum atomic E-state index is -0.202. The number of ether oxygens (including phenoxy) is 3. The van der Waals surface area contributed by atoms with Crippen molar-refractivity contribution >= 4 is 19.6 Å². The van der Waals surface area contributed by atoms with Gasteiger partial charge in [-0.25, -0.2) is 0 Å². The van der Waals surface area contributed by atoms with Crippen molar-refractivity contribution in [3.05, 3.63) is 0 Å². The van der Waals surface area contributed by atoms with Crippen molar-refractivity contribution < 1.29 is 14.2 Å². The summed E-state index contributed by atoms with van der Waals surface area (Å²) in [5, 5.41) is 0.236. The molecule has 13 heavy (non-hydrogen) atoms. The van der Waals surface area contributed by atoms with Gasteiger partial charge in [0.15, 0.2) is 0 Å². The molecule has 3 nitrogen and oxygen atoms in total. The summed E-state index contributed by atoms with van der Waals surface area (Å²) >= 11 is 1.75. The van der Waals surface area contributed by atoms with E-state index in [2.05, 4.69) is 0 Å². The fourth-order valence-electron chi connectivity index (χ4n) is 1.28. The van der Waals surface area contributed by atoms with E-state index in [0.29, 0.717) is 6.61 Å². The van der Waals surface area contributed by atoms with E-state index < -0.39 is 0 Å². The molecule has 0 aromatic heterocycles. The van der Waals surface area contributed by atoms with Crippen LogP contribution < -0.4 is 0 Å². The summed E-state index contributed by atoms with van der Waals surface area (Å²) < 4.78 is 15.5. The molecular weight excluding hydrogens is 187 g/mol. The van der Waals surface area contributed by atoms with Crippen LogP contribution in [0.15, 0.2) is 0 Å². The minimum absolute atomic E-state index is 0.122. The summed E-state index contributed by atoms with van der Waals surface area (Å²) in [7, 11) is 9.15. The third-order valence-corrected chi connectivity index (χ3v) is 3.40. The molecule has 0 aromatic carbocycles. The van der Waals surface area contributed by atoms with E-state index in [9.17, 15) is 0 Å². The van der Waals surface area contributed by atoms with E-state index >= 15 is 0 Å². The summed E-state index contributed by atoms with van der Waals surface area (Å²) in [6.07, 6.45) is 0.122. The lowest BCUT2D eigenvalue weighted by atomic mass is 9.96. The van der Waals surface area contributed by atoms with E-state index in [4.69, 9.17) is 22.1 Å². The second kappa shape index (κ2) is 5.91. The Morgan fingerprint density at radius 2 is 2.31 bits per heavy atom. The molecule has 1 saturated heterocycles. The number of rotatable bonds is 5. The summed E-state index contributed by atoms with van der Waals surface area (Å²) in [4.78, 5) is 0. The van der Waals surface area contributed by atoms with Gasteiger partial charge in [-0.2, -0.15) is 11.8 Å². The molecule has 1 aliphatic heterocycles. The van der Waals surface area contributed by atoms with Gasteiger partial charge in [0.05, 0.1) is 24.6 Å². The summed E-state index contributed by atoms with van der Waals surface area (Å²) in [5.74, 6) is 0.929. The van der Waals surface area contributed by atoms with Gasteiger partial charge < -0.3 is 14.2 Å². The minimum Gasteiger partial charge on any atom is -0.384 e. The van der Waals surface area contributed by atoms with Gasteiger partial charge in [-0.15, -0.1) is 0 Å². The number of hydrogen-bond donors (Lipinski definition) is 0. The largest absolute Gasteiger partial charge is 0.384 e. The van der Waals surface area contributed by atoms with Crippen molar-refractivity contribution in [3.8, 4) is 0 Å². The first-order valence-electron chi connectivity index (χ1n) is 4.30. The lowest BCUT2D eigenvalue weighted by Crippen LogP contribution is -2.29. The Balaban J connectivity index is 2.27. The highest BCUT2D eigenvalue weighted by atomic mass is 32.2. The third kappa shape index (κ3) is 3.16. The van der Waals surface area contributed by atoms with Crippen LogP contribution in [-0.2, 0) is 14.2 Å². The van der Waals surface area contributed by atoms with Crippen LogP contribution in [0.25, 0.3) is 0 Å². The first-order valence-corrected chi connectivity index (χ1v) is 5.35. The quantitative estimate of drug-likeness (QED) is 0.472. The molecule has 5 heteroatoms. The summed E-state index contributed by atoms with van der Waals surface area (Å²) in [5.41, 5.74) is 0. The maximum Gasteiger partial charge on any atom is 0.110 e. The van der Waals surface area contributed by atoms with E-state index in [-0.39, 0.29) is 17.4 Å². The van der Waals surface area contributed by atoms with Gasteiger partial charge in [0.25, 0.3) is 0 Å². The molecule has 1 rings (SSSR count). The highest BCUT2D eigenvalue weighted by Gasteiger charge is 2.34. The molecule has 0 spiro atoms. The highest BCUT2D eigenvalue weighted by Crippen LogP contribution is 2.26. The second-order valence-corrected chi connectivity index (χ2v) is 4.19. The molecule has 0 bridgehead atoms.